The van der Waals surface area contributed by atoms with Gasteiger partial charge in [0.05, 0.1) is 20.3 Å². The van der Waals surface area contributed by atoms with Gasteiger partial charge in [0.2, 0.25) is 5.91 Å². The van der Waals surface area contributed by atoms with Gasteiger partial charge in [-0.3, -0.25) is 9.59 Å². The fourth-order valence-corrected chi connectivity index (χ4v) is 4.72. The van der Waals surface area contributed by atoms with Crippen molar-refractivity contribution in [2.75, 3.05) is 33.4 Å². The van der Waals surface area contributed by atoms with Crippen LogP contribution in [0.1, 0.15) is 33.7 Å². The Balaban J connectivity index is 1.46. The summed E-state index contributed by atoms with van der Waals surface area (Å²) in [5.41, 5.74) is 4.90. The summed E-state index contributed by atoms with van der Waals surface area (Å²) in [6.07, 6.45) is 3.65. The zero-order valence-electron chi connectivity index (χ0n) is 20.3. The topological polar surface area (TPSA) is 99.4 Å². The number of methoxy groups -OCH3 is 1. The SMILES string of the molecule is COc1ccc2cc1OCCCN(C(=O)c1ccc[nH]1)CC(=O)NCCc1c([nH]c3ccccc13)C2. The van der Waals surface area contributed by atoms with E-state index in [-0.39, 0.29) is 18.4 Å². The molecule has 1 aliphatic heterocycles. The number of fused-ring (bicyclic) bond motifs is 5. The van der Waals surface area contributed by atoms with Crippen LogP contribution in [0.3, 0.4) is 0 Å². The Bertz CT molecular complexity index is 1360. The molecule has 0 spiro atoms. The van der Waals surface area contributed by atoms with E-state index in [4.69, 9.17) is 9.47 Å². The highest BCUT2D eigenvalue weighted by Gasteiger charge is 2.20. The number of carbonyl (C=O) groups is 2. The van der Waals surface area contributed by atoms with E-state index >= 15 is 0 Å². The molecule has 0 atom stereocenters. The van der Waals surface area contributed by atoms with Gasteiger partial charge < -0.3 is 29.7 Å². The molecule has 0 saturated heterocycles. The van der Waals surface area contributed by atoms with Gasteiger partial charge in [0, 0.05) is 42.3 Å². The van der Waals surface area contributed by atoms with E-state index in [0.29, 0.717) is 56.2 Å². The fraction of sp³-hybridized carbons (Fsp3) is 0.286. The van der Waals surface area contributed by atoms with E-state index in [0.717, 1.165) is 22.2 Å². The molecule has 36 heavy (non-hydrogen) atoms. The van der Waals surface area contributed by atoms with Gasteiger partial charge in [0.1, 0.15) is 5.69 Å². The molecule has 5 rings (SSSR count). The summed E-state index contributed by atoms with van der Waals surface area (Å²) >= 11 is 0. The van der Waals surface area contributed by atoms with Gasteiger partial charge >= 0.3 is 0 Å². The summed E-state index contributed by atoms with van der Waals surface area (Å²) in [5, 5.41) is 4.16. The average molecular weight is 487 g/mol. The van der Waals surface area contributed by atoms with Crippen molar-refractivity contribution in [1.29, 1.82) is 0 Å². The zero-order valence-corrected chi connectivity index (χ0v) is 20.3. The molecule has 8 heteroatoms. The van der Waals surface area contributed by atoms with Gasteiger partial charge in [-0.1, -0.05) is 24.3 Å². The molecule has 0 saturated carbocycles. The minimum Gasteiger partial charge on any atom is -0.493 e. The minimum absolute atomic E-state index is 0.0165. The standard InChI is InChI=1S/C28H30N4O4/c1-35-25-10-9-19-16-24-21(20-6-2-3-7-22(20)31-24)11-13-30-27(33)18-32(14-5-15-36-26(25)17-19)28(34)23-8-4-12-29-23/h2-4,6-10,12,17,29,31H,5,11,13-16,18H2,1H3,(H,30,33). The number of nitrogens with zero attached hydrogens (tertiary/aromatic N) is 1. The van der Waals surface area contributed by atoms with Crippen LogP contribution in [0.25, 0.3) is 10.9 Å². The largest absolute Gasteiger partial charge is 0.493 e. The quantitative estimate of drug-likeness (QED) is 0.403. The molecule has 2 aromatic carbocycles. The highest BCUT2D eigenvalue weighted by Crippen LogP contribution is 2.31. The molecule has 4 aromatic rings. The Kier molecular flexibility index (Phi) is 6.93. The van der Waals surface area contributed by atoms with Gasteiger partial charge in [0.25, 0.3) is 5.91 Å². The molecule has 0 unspecified atom stereocenters. The molecule has 1 aliphatic rings. The van der Waals surface area contributed by atoms with E-state index in [1.54, 1.807) is 30.3 Å². The number of rotatable bonds is 2. The molecule has 3 N–H and O–H groups in total. The molecule has 3 heterocycles. The van der Waals surface area contributed by atoms with Crippen molar-refractivity contribution in [3.63, 3.8) is 0 Å². The number of ether oxygens (including phenoxy) is 2. The van der Waals surface area contributed by atoms with Crippen molar-refractivity contribution >= 4 is 22.7 Å². The van der Waals surface area contributed by atoms with Crippen molar-refractivity contribution in [2.45, 2.75) is 19.3 Å². The van der Waals surface area contributed by atoms with Crippen molar-refractivity contribution in [2.24, 2.45) is 0 Å². The Hall–Kier alpha value is -4.20. The molecule has 2 bridgehead atoms. The Morgan fingerprint density at radius 1 is 1.11 bits per heavy atom. The van der Waals surface area contributed by atoms with Crippen LogP contribution in [0, 0.1) is 0 Å². The smallest absolute Gasteiger partial charge is 0.270 e. The lowest BCUT2D eigenvalue weighted by Crippen LogP contribution is -2.42. The number of aromatic nitrogens is 2. The number of aromatic amines is 2. The number of H-pyrrole nitrogens is 2. The summed E-state index contributed by atoms with van der Waals surface area (Å²) < 4.78 is 11.6. The van der Waals surface area contributed by atoms with E-state index < -0.39 is 0 Å². The predicted octanol–water partition coefficient (Wildman–Crippen LogP) is 3.68. The highest BCUT2D eigenvalue weighted by atomic mass is 16.5. The van der Waals surface area contributed by atoms with Gasteiger partial charge in [-0.2, -0.15) is 0 Å². The first-order valence-corrected chi connectivity index (χ1v) is 12.2. The van der Waals surface area contributed by atoms with Crippen molar-refractivity contribution in [1.82, 2.24) is 20.2 Å². The number of nitrogens with one attached hydrogen (secondary N) is 3. The molecule has 0 aliphatic carbocycles. The third-order valence-electron chi connectivity index (χ3n) is 6.49. The number of hydrogen-bond acceptors (Lipinski definition) is 4. The van der Waals surface area contributed by atoms with Crippen LogP contribution >= 0.6 is 0 Å². The van der Waals surface area contributed by atoms with E-state index in [1.807, 2.05) is 30.3 Å². The van der Waals surface area contributed by atoms with E-state index in [9.17, 15) is 9.59 Å². The highest BCUT2D eigenvalue weighted by molar-refractivity contribution is 5.95. The predicted molar refractivity (Wildman–Crippen MR) is 138 cm³/mol. The van der Waals surface area contributed by atoms with Crippen LogP contribution in [0.15, 0.2) is 60.8 Å². The van der Waals surface area contributed by atoms with E-state index in [1.165, 1.54) is 5.56 Å². The second-order valence-corrected chi connectivity index (χ2v) is 8.90. The molecule has 186 valence electrons. The third-order valence-corrected chi connectivity index (χ3v) is 6.49. The van der Waals surface area contributed by atoms with Crippen LogP contribution < -0.4 is 14.8 Å². The molecule has 0 fully saturated rings. The average Bonchev–Trinajstić information content (AvgIpc) is 3.54. The molecular weight excluding hydrogens is 456 g/mol. The number of para-hydroxylation sites is 1. The molecule has 2 aromatic heterocycles. The first kappa shape index (κ1) is 23.5. The summed E-state index contributed by atoms with van der Waals surface area (Å²) in [4.78, 5) is 33.9. The normalized spacial score (nSPS) is 15.1. The Morgan fingerprint density at radius 3 is 2.83 bits per heavy atom. The van der Waals surface area contributed by atoms with Gasteiger partial charge in [-0.25, -0.2) is 0 Å². The Labute approximate surface area is 209 Å². The van der Waals surface area contributed by atoms with Gasteiger partial charge in [0.15, 0.2) is 11.5 Å². The van der Waals surface area contributed by atoms with Crippen molar-refractivity contribution < 1.29 is 19.1 Å². The van der Waals surface area contributed by atoms with Gasteiger partial charge in [-0.05, 0) is 54.3 Å². The minimum atomic E-state index is -0.213. The maximum atomic E-state index is 13.0. The summed E-state index contributed by atoms with van der Waals surface area (Å²) in [7, 11) is 1.62. The number of benzene rings is 2. The number of amides is 2. The second-order valence-electron chi connectivity index (χ2n) is 8.90. The molecule has 2 amide bonds. The number of hydrogen-bond donors (Lipinski definition) is 3. The lowest BCUT2D eigenvalue weighted by Gasteiger charge is -2.22. The van der Waals surface area contributed by atoms with Crippen molar-refractivity contribution in [3.8, 4) is 11.5 Å². The molecule has 0 radical (unpaired) electrons. The van der Waals surface area contributed by atoms with Crippen LogP contribution in [0.2, 0.25) is 0 Å². The van der Waals surface area contributed by atoms with Crippen LogP contribution in [0.5, 0.6) is 11.5 Å². The first-order chi connectivity index (χ1) is 17.6. The second kappa shape index (κ2) is 10.6. The van der Waals surface area contributed by atoms with Crippen LogP contribution in [-0.2, 0) is 17.6 Å². The van der Waals surface area contributed by atoms with Crippen molar-refractivity contribution in [3.05, 3.63) is 83.3 Å². The molecule has 8 nitrogen and oxygen atoms in total. The van der Waals surface area contributed by atoms with Gasteiger partial charge in [-0.15, -0.1) is 0 Å². The third kappa shape index (κ3) is 5.07. The lowest BCUT2D eigenvalue weighted by molar-refractivity contribution is -0.121. The summed E-state index contributed by atoms with van der Waals surface area (Å²) in [6.45, 7) is 1.24. The fourth-order valence-electron chi connectivity index (χ4n) is 4.72. The maximum absolute atomic E-state index is 13.0. The van der Waals surface area contributed by atoms with Crippen LogP contribution in [-0.4, -0.2) is 60.0 Å². The zero-order chi connectivity index (χ0) is 24.9. The molecular formula is C28H30N4O4. The lowest BCUT2D eigenvalue weighted by atomic mass is 10.0. The number of carbonyl (C=O) groups excluding carboxylic acids is 2. The Morgan fingerprint density at radius 2 is 2.00 bits per heavy atom. The van der Waals surface area contributed by atoms with E-state index in [2.05, 4.69) is 27.4 Å². The summed E-state index contributed by atoms with van der Waals surface area (Å²) in [6, 6.07) is 17.7. The monoisotopic (exact) mass is 486 g/mol. The first-order valence-electron chi connectivity index (χ1n) is 12.2. The maximum Gasteiger partial charge on any atom is 0.270 e. The van der Waals surface area contributed by atoms with Crippen LogP contribution in [0.4, 0.5) is 0 Å². The summed E-state index contributed by atoms with van der Waals surface area (Å²) in [5.74, 6) is 0.932.